The molecule has 1 heterocycles. The number of anilines is 1. The van der Waals surface area contributed by atoms with Gasteiger partial charge in [0.2, 0.25) is 59.1 Å². The Hall–Kier alpha value is -10.1. The molecule has 21 N–H and O–H groups in total. The number of carboxylic acid groups (broad SMARTS) is 4. The Morgan fingerprint density at radius 2 is 1.09 bits per heavy atom. The van der Waals surface area contributed by atoms with E-state index >= 15 is 0 Å². The van der Waals surface area contributed by atoms with E-state index in [2.05, 4.69) is 54.8 Å². The number of Topliss-reactive ketones (excluding diaryl/α,β-unsaturated/α-hetero) is 1. The molecule has 0 aromatic heterocycles. The summed E-state index contributed by atoms with van der Waals surface area (Å²) in [6.45, 7) is 1.70. The maximum absolute atomic E-state index is 14.6. The van der Waals surface area contributed by atoms with E-state index in [-0.39, 0.29) is 37.2 Å². The molecule has 1 aliphatic heterocycles. The minimum Gasteiger partial charge on any atom is -0.481 e. The van der Waals surface area contributed by atoms with Gasteiger partial charge in [-0.15, -0.1) is 0 Å². The number of amides is 12. The van der Waals surface area contributed by atoms with Crippen molar-refractivity contribution in [2.24, 2.45) is 11.7 Å². The predicted molar refractivity (Wildman–Crippen MR) is 338 cm³/mol. The molecule has 0 bridgehead atoms. The summed E-state index contributed by atoms with van der Waals surface area (Å²) in [6, 6.07) is -13.7. The number of para-hydroxylation sites is 1. The molecule has 1 saturated heterocycles. The zero-order valence-corrected chi connectivity index (χ0v) is 54.5. The van der Waals surface area contributed by atoms with Gasteiger partial charge in [0.1, 0.15) is 60.5 Å². The molecule has 0 saturated carbocycles. The van der Waals surface area contributed by atoms with Crippen LogP contribution in [0.5, 0.6) is 0 Å². The van der Waals surface area contributed by atoms with Gasteiger partial charge in [-0.05, 0) is 57.7 Å². The zero-order chi connectivity index (χ0) is 72.9. The molecule has 1 aliphatic rings. The Morgan fingerprint density at radius 1 is 0.577 bits per heavy atom. The number of esters is 1. The Kier molecular flexibility index (Phi) is 37.5. The van der Waals surface area contributed by atoms with E-state index in [1.54, 1.807) is 0 Å². The number of benzene rings is 1. The number of ketones is 1. The number of nitrogens with one attached hydrogen (secondary N) is 12. The first-order valence-electron chi connectivity index (χ1n) is 31.6. The number of aliphatic carboxylic acids is 4. The minimum absolute atomic E-state index is 0.0288. The highest BCUT2D eigenvalue weighted by atomic mass is 16.5. The summed E-state index contributed by atoms with van der Waals surface area (Å²) in [7, 11) is 0. The fraction of sp³-hybridized carbons (Fsp3) is 0.617. The predicted octanol–water partition coefficient (Wildman–Crippen LogP) is -4.23. The minimum atomic E-state index is -2.24. The number of aliphatic hydroxyl groups is 1. The van der Waals surface area contributed by atoms with Gasteiger partial charge in [-0.3, -0.25) is 71.9 Å². The highest BCUT2D eigenvalue weighted by Gasteiger charge is 2.40. The van der Waals surface area contributed by atoms with Gasteiger partial charge in [0.25, 0.3) is 0 Å². The lowest BCUT2D eigenvalue weighted by molar-refractivity contribution is -0.156. The standard InChI is InChI=1S/C60H92N14O23/c1-5-6-7-8-9-10-11-12-13-16-22-63-60(96)72-39(27-48(85)86)55(91)74-50-33(4)97-59(95)40(24-42(76)34-18-14-15-19-35(34)62)71-58(94)49(31(2)23-45(79)80)73-56(92)41(30-75)68-44(78)28-64-52(88)37(25-46(81)82)69-51(87)32(3)66-54(90)38(26-47(83)84)70-53(89)36(20-17-21-61)67-43(77)29-65-57(50)93/h14-15,18-19,31-33,36-41,49-50,75H,5-13,16-17,20-30,61-62H2,1-4H3,(H,64,88)(H,65,93)(H,66,90)(H,67,77)(H,68,78)(H,69,87)(H,70,89)(H,71,94)(H,73,92)(H,74,91)(H,79,80)(H,81,82)(H,83,84)(H,85,86)(H2,63,72,96)/t31?,32?,33?,36?,37?,38?,39-,40?,41?,49?,50?/m0/s1. The molecule has 540 valence electrons. The first-order chi connectivity index (χ1) is 45.8. The molecular weight excluding hydrogens is 1280 g/mol. The van der Waals surface area contributed by atoms with Gasteiger partial charge in [0.05, 0.1) is 45.4 Å². The monoisotopic (exact) mass is 1380 g/mol. The molecule has 0 spiro atoms. The first-order valence-corrected chi connectivity index (χ1v) is 31.6. The van der Waals surface area contributed by atoms with Crippen LogP contribution in [0.25, 0.3) is 0 Å². The third kappa shape index (κ3) is 31.8. The van der Waals surface area contributed by atoms with E-state index in [0.29, 0.717) is 6.42 Å². The number of carbonyl (C=O) groups is 17. The van der Waals surface area contributed by atoms with Gasteiger partial charge in [-0.2, -0.15) is 0 Å². The van der Waals surface area contributed by atoms with Gasteiger partial charge >= 0.3 is 35.9 Å². The Bertz CT molecular complexity index is 2950. The average Bonchev–Trinajstić information content (AvgIpc) is 0.944. The van der Waals surface area contributed by atoms with Crippen molar-refractivity contribution in [3.8, 4) is 0 Å². The number of carbonyl (C=O) groups excluding carboxylic acids is 13. The maximum atomic E-state index is 14.6. The molecule has 10 unspecified atom stereocenters. The van der Waals surface area contributed by atoms with E-state index < -0.39 is 219 Å². The summed E-state index contributed by atoms with van der Waals surface area (Å²) in [4.78, 5) is 228. The van der Waals surface area contributed by atoms with Crippen LogP contribution in [-0.2, 0) is 76.7 Å². The molecule has 2 rings (SSSR count). The van der Waals surface area contributed by atoms with Crippen LogP contribution in [0, 0.1) is 5.92 Å². The van der Waals surface area contributed by atoms with Gasteiger partial charge < -0.3 is 106 Å². The van der Waals surface area contributed by atoms with E-state index in [1.165, 1.54) is 30.7 Å². The summed E-state index contributed by atoms with van der Waals surface area (Å²) < 4.78 is 5.64. The molecule has 0 aliphatic carbocycles. The van der Waals surface area contributed by atoms with Crippen LogP contribution in [0.3, 0.4) is 0 Å². The van der Waals surface area contributed by atoms with E-state index in [0.717, 1.165) is 72.1 Å². The SMILES string of the molecule is CCCCCCCCCCCCNC(=O)N[C@@H](CC(=O)O)C(=O)NC1C(=O)NCC(=O)NC(CCCN)C(=O)NC(CC(=O)O)C(=O)NC(C)C(=O)NC(CC(=O)O)C(=O)NCC(=O)NC(CO)C(=O)NC(C(C)CC(=O)O)C(=O)NC(CC(=O)c2ccccc2N)C(=O)OC1C. The molecule has 1 aromatic rings. The quantitative estimate of drug-likeness (QED) is 0.0150. The lowest BCUT2D eigenvalue weighted by Gasteiger charge is -2.29. The normalized spacial score (nSPS) is 22.4. The summed E-state index contributed by atoms with van der Waals surface area (Å²) in [5.74, 6) is -24.0. The lowest BCUT2D eigenvalue weighted by atomic mass is 9.96. The smallest absolute Gasteiger partial charge is 0.329 e. The fourth-order valence-corrected chi connectivity index (χ4v) is 9.57. The van der Waals surface area contributed by atoms with Crippen LogP contribution in [0.15, 0.2) is 24.3 Å². The van der Waals surface area contributed by atoms with Crippen LogP contribution >= 0.6 is 0 Å². The highest BCUT2D eigenvalue weighted by Crippen LogP contribution is 2.18. The van der Waals surface area contributed by atoms with Gasteiger partial charge in [-0.1, -0.05) is 83.8 Å². The summed E-state index contributed by atoms with van der Waals surface area (Å²) in [6.07, 6.45) is 1.99. The molecule has 37 heteroatoms. The number of hydrogen-bond donors (Lipinski definition) is 19. The number of nitrogen functional groups attached to an aromatic ring is 1. The lowest BCUT2D eigenvalue weighted by Crippen LogP contribution is -2.61. The first kappa shape index (κ1) is 83.0. The average molecular weight is 1380 g/mol. The van der Waals surface area contributed by atoms with Crippen molar-refractivity contribution in [3.63, 3.8) is 0 Å². The third-order valence-electron chi connectivity index (χ3n) is 14.9. The van der Waals surface area contributed by atoms with Crippen LogP contribution < -0.4 is 75.3 Å². The van der Waals surface area contributed by atoms with Crippen LogP contribution in [0.2, 0.25) is 0 Å². The van der Waals surface area contributed by atoms with Crippen molar-refractivity contribution in [3.05, 3.63) is 29.8 Å². The van der Waals surface area contributed by atoms with Crippen molar-refractivity contribution < 1.29 is 112 Å². The highest BCUT2D eigenvalue weighted by molar-refractivity contribution is 6.04. The number of hydrogen-bond acceptors (Lipinski definition) is 21. The number of unbranched alkanes of at least 4 members (excludes halogenated alkanes) is 9. The third-order valence-corrected chi connectivity index (χ3v) is 14.9. The Morgan fingerprint density at radius 3 is 1.65 bits per heavy atom. The second kappa shape index (κ2) is 43.8. The molecule has 0 radical (unpaired) electrons. The van der Waals surface area contributed by atoms with Crippen molar-refractivity contribution in [1.29, 1.82) is 0 Å². The fourth-order valence-electron chi connectivity index (χ4n) is 9.57. The summed E-state index contributed by atoms with van der Waals surface area (Å²) in [5, 5.41) is 75.2. The van der Waals surface area contributed by atoms with E-state index in [1.807, 2.05) is 16.0 Å². The topological polar surface area (TPSA) is 597 Å². The maximum Gasteiger partial charge on any atom is 0.329 e. The number of ether oxygens (including phenoxy) is 1. The van der Waals surface area contributed by atoms with Crippen molar-refractivity contribution >= 4 is 106 Å². The number of rotatable bonds is 30. The van der Waals surface area contributed by atoms with Gasteiger partial charge in [-0.25, -0.2) is 9.59 Å². The number of nitrogens with two attached hydrogens (primary N) is 2. The van der Waals surface area contributed by atoms with Gasteiger partial charge in [0, 0.05) is 24.2 Å². The Labute approximate surface area is 557 Å². The number of aliphatic hydroxyl groups excluding tert-OH is 1. The molecule has 1 fully saturated rings. The van der Waals surface area contributed by atoms with Crippen molar-refractivity contribution in [2.75, 3.05) is 38.5 Å². The van der Waals surface area contributed by atoms with Crippen LogP contribution in [-0.4, -0.2) is 220 Å². The van der Waals surface area contributed by atoms with E-state index in [9.17, 15) is 107 Å². The van der Waals surface area contributed by atoms with Crippen molar-refractivity contribution in [2.45, 2.75) is 197 Å². The molecule has 37 nitrogen and oxygen atoms in total. The molecule has 97 heavy (non-hydrogen) atoms. The second-order valence-corrected chi connectivity index (χ2v) is 23.0. The van der Waals surface area contributed by atoms with Crippen LogP contribution in [0.4, 0.5) is 10.5 Å². The number of carboxylic acids is 4. The zero-order valence-electron chi connectivity index (χ0n) is 54.5. The second-order valence-electron chi connectivity index (χ2n) is 23.0. The van der Waals surface area contributed by atoms with Gasteiger partial charge in [0.15, 0.2) is 5.78 Å². The number of urea groups is 1. The Balaban J connectivity index is 2.83. The van der Waals surface area contributed by atoms with Crippen LogP contribution in [0.1, 0.15) is 147 Å². The molecule has 12 amide bonds. The summed E-state index contributed by atoms with van der Waals surface area (Å²) >= 11 is 0. The molecule has 1 aromatic carbocycles. The molecule has 11 atom stereocenters. The summed E-state index contributed by atoms with van der Waals surface area (Å²) in [5.41, 5.74) is 11.4. The van der Waals surface area contributed by atoms with E-state index in [4.69, 9.17) is 16.2 Å². The van der Waals surface area contributed by atoms with Crippen molar-refractivity contribution in [1.82, 2.24) is 63.8 Å². The largest absolute Gasteiger partial charge is 0.481 e. The molecular formula is C60H92N14O23. The number of cyclic esters (lactones) is 1.